The molecule has 0 N–H and O–H groups in total. The molecule has 0 unspecified atom stereocenters. The molecular weight excluding hydrogens is 260 g/mol. The van der Waals surface area contributed by atoms with Crippen LogP contribution in [0.2, 0.25) is 18.1 Å². The van der Waals surface area contributed by atoms with Crippen LogP contribution in [-0.2, 0) is 4.43 Å². The quantitative estimate of drug-likeness (QED) is 0.379. The minimum atomic E-state index is -1.61. The molecule has 0 amide bonds. The molecule has 0 saturated carbocycles. The third-order valence-electron chi connectivity index (χ3n) is 4.13. The van der Waals surface area contributed by atoms with Gasteiger partial charge in [0.2, 0.25) is 0 Å². The Hall–Kier alpha value is -0.603. The molecule has 116 valence electrons. The van der Waals surface area contributed by atoms with E-state index < -0.39 is 8.32 Å². The second-order valence-corrected chi connectivity index (χ2v) is 12.0. The highest BCUT2D eigenvalue weighted by Gasteiger charge is 2.36. The Morgan fingerprint density at radius 3 is 2.20 bits per heavy atom. The standard InChI is InChI=1S/C18H34OSi/c1-9-10-12-16(2)13-11-14-17(3)15-19-20(7,8)18(4,5)6/h9,12,14H,1,10-11,13,15H2,2-8H3. The summed E-state index contributed by atoms with van der Waals surface area (Å²) >= 11 is 0. The van der Waals surface area contributed by atoms with Crippen molar-refractivity contribution in [2.45, 2.75) is 72.0 Å². The average molecular weight is 295 g/mol. The molecule has 0 radical (unpaired) electrons. The Bertz CT molecular complexity index is 356. The van der Waals surface area contributed by atoms with Crippen LogP contribution in [0.25, 0.3) is 0 Å². The molecule has 1 nitrogen and oxygen atoms in total. The van der Waals surface area contributed by atoms with Crippen LogP contribution in [-0.4, -0.2) is 14.9 Å². The lowest BCUT2D eigenvalue weighted by molar-refractivity contribution is 0.318. The van der Waals surface area contributed by atoms with Crippen LogP contribution in [0.1, 0.15) is 53.9 Å². The number of hydrogen-bond donors (Lipinski definition) is 0. The summed E-state index contributed by atoms with van der Waals surface area (Å²) in [5.74, 6) is 0. The number of rotatable bonds is 8. The van der Waals surface area contributed by atoms with E-state index in [1.807, 2.05) is 6.08 Å². The smallest absolute Gasteiger partial charge is 0.192 e. The molecule has 0 saturated heterocycles. The van der Waals surface area contributed by atoms with E-state index in [1.54, 1.807) is 0 Å². The summed E-state index contributed by atoms with van der Waals surface area (Å²) in [5, 5.41) is 0.289. The third kappa shape index (κ3) is 7.86. The van der Waals surface area contributed by atoms with Crippen molar-refractivity contribution in [3.05, 3.63) is 36.0 Å². The predicted molar refractivity (Wildman–Crippen MR) is 94.7 cm³/mol. The van der Waals surface area contributed by atoms with E-state index in [4.69, 9.17) is 4.43 Å². The zero-order valence-corrected chi connectivity index (χ0v) is 15.7. The lowest BCUT2D eigenvalue weighted by Gasteiger charge is -2.36. The molecular formula is C18H34OSi. The van der Waals surface area contributed by atoms with Crippen molar-refractivity contribution < 1.29 is 4.43 Å². The minimum absolute atomic E-state index is 0.289. The summed E-state index contributed by atoms with van der Waals surface area (Å²) < 4.78 is 6.22. The Balaban J connectivity index is 4.19. The van der Waals surface area contributed by atoms with Crippen molar-refractivity contribution in [2.24, 2.45) is 0 Å². The van der Waals surface area contributed by atoms with Crippen LogP contribution in [0, 0.1) is 0 Å². The maximum absolute atomic E-state index is 6.22. The molecule has 2 heteroatoms. The highest BCUT2D eigenvalue weighted by molar-refractivity contribution is 6.74. The van der Waals surface area contributed by atoms with Crippen molar-refractivity contribution >= 4 is 8.32 Å². The van der Waals surface area contributed by atoms with Gasteiger partial charge in [0.15, 0.2) is 8.32 Å². The monoisotopic (exact) mass is 294 g/mol. The van der Waals surface area contributed by atoms with E-state index in [0.29, 0.717) is 0 Å². The van der Waals surface area contributed by atoms with Gasteiger partial charge in [-0.15, -0.1) is 6.58 Å². The van der Waals surface area contributed by atoms with Crippen molar-refractivity contribution in [1.29, 1.82) is 0 Å². The molecule has 0 aliphatic heterocycles. The van der Waals surface area contributed by atoms with Gasteiger partial charge in [-0.3, -0.25) is 0 Å². The van der Waals surface area contributed by atoms with Gasteiger partial charge in [-0.25, -0.2) is 0 Å². The minimum Gasteiger partial charge on any atom is -0.413 e. The third-order valence-corrected chi connectivity index (χ3v) is 8.61. The molecule has 0 aromatic carbocycles. The highest BCUT2D eigenvalue weighted by Crippen LogP contribution is 2.36. The average Bonchev–Trinajstić information content (AvgIpc) is 2.32. The molecule has 0 fully saturated rings. The molecule has 0 rings (SSSR count). The number of hydrogen-bond acceptors (Lipinski definition) is 1. The molecule has 0 heterocycles. The molecule has 0 aromatic rings. The van der Waals surface area contributed by atoms with Crippen molar-refractivity contribution in [3.8, 4) is 0 Å². The van der Waals surface area contributed by atoms with Crippen LogP contribution < -0.4 is 0 Å². The van der Waals surface area contributed by atoms with Crippen LogP contribution >= 0.6 is 0 Å². The maximum Gasteiger partial charge on any atom is 0.192 e. The van der Waals surface area contributed by atoms with Gasteiger partial charge in [0.25, 0.3) is 0 Å². The van der Waals surface area contributed by atoms with E-state index in [1.165, 1.54) is 11.1 Å². The molecule has 0 aliphatic carbocycles. The molecule has 0 spiro atoms. The largest absolute Gasteiger partial charge is 0.413 e. The molecule has 0 atom stereocenters. The van der Waals surface area contributed by atoms with Gasteiger partial charge < -0.3 is 4.43 Å². The summed E-state index contributed by atoms with van der Waals surface area (Å²) in [7, 11) is -1.61. The van der Waals surface area contributed by atoms with Crippen LogP contribution in [0.15, 0.2) is 36.0 Å². The fraction of sp³-hybridized carbons (Fsp3) is 0.667. The number of allylic oxidation sites excluding steroid dienone is 4. The van der Waals surface area contributed by atoms with Gasteiger partial charge in [-0.1, -0.05) is 50.1 Å². The Labute approximate surface area is 127 Å². The lowest BCUT2D eigenvalue weighted by atomic mass is 10.1. The second kappa shape index (κ2) is 8.63. The van der Waals surface area contributed by atoms with Gasteiger partial charge in [0, 0.05) is 0 Å². The summed E-state index contributed by atoms with van der Waals surface area (Å²) in [5.41, 5.74) is 2.80. The highest BCUT2D eigenvalue weighted by atomic mass is 28.4. The van der Waals surface area contributed by atoms with Crippen LogP contribution in [0.3, 0.4) is 0 Å². The Kier molecular flexibility index (Phi) is 8.37. The Morgan fingerprint density at radius 2 is 1.70 bits per heavy atom. The first-order valence-corrected chi connectivity index (χ1v) is 10.6. The van der Waals surface area contributed by atoms with Gasteiger partial charge in [0.1, 0.15) is 0 Å². The zero-order valence-electron chi connectivity index (χ0n) is 14.7. The molecule has 0 aromatic heterocycles. The summed E-state index contributed by atoms with van der Waals surface area (Å²) in [4.78, 5) is 0. The van der Waals surface area contributed by atoms with E-state index in [0.717, 1.165) is 25.9 Å². The second-order valence-electron chi connectivity index (χ2n) is 7.21. The summed E-state index contributed by atoms with van der Waals surface area (Å²) in [6, 6.07) is 0. The van der Waals surface area contributed by atoms with E-state index in [2.05, 4.69) is 66.4 Å². The maximum atomic E-state index is 6.22. The van der Waals surface area contributed by atoms with Crippen molar-refractivity contribution in [1.82, 2.24) is 0 Å². The van der Waals surface area contributed by atoms with Crippen LogP contribution in [0.5, 0.6) is 0 Å². The van der Waals surface area contributed by atoms with E-state index in [9.17, 15) is 0 Å². The summed E-state index contributed by atoms with van der Waals surface area (Å²) in [6.45, 7) is 20.4. The predicted octanol–water partition coefficient (Wildman–Crippen LogP) is 6.26. The van der Waals surface area contributed by atoms with E-state index >= 15 is 0 Å². The molecule has 0 aliphatic rings. The fourth-order valence-corrected chi connectivity index (χ4v) is 2.52. The lowest BCUT2D eigenvalue weighted by Crippen LogP contribution is -2.41. The Morgan fingerprint density at radius 1 is 1.10 bits per heavy atom. The van der Waals surface area contributed by atoms with Gasteiger partial charge >= 0.3 is 0 Å². The van der Waals surface area contributed by atoms with E-state index in [-0.39, 0.29) is 5.04 Å². The normalized spacial score (nSPS) is 14.6. The van der Waals surface area contributed by atoms with Crippen molar-refractivity contribution in [2.75, 3.05) is 6.61 Å². The first-order valence-electron chi connectivity index (χ1n) is 7.66. The topological polar surface area (TPSA) is 9.23 Å². The van der Waals surface area contributed by atoms with Crippen LogP contribution in [0.4, 0.5) is 0 Å². The SMILES string of the molecule is C=CCC=C(C)CCC=C(C)CO[Si](C)(C)C(C)(C)C. The van der Waals surface area contributed by atoms with Gasteiger partial charge in [-0.05, 0) is 51.2 Å². The summed E-state index contributed by atoms with van der Waals surface area (Å²) in [6.07, 6.45) is 9.72. The first-order chi connectivity index (χ1) is 9.10. The first kappa shape index (κ1) is 19.4. The fourth-order valence-electron chi connectivity index (χ4n) is 1.50. The van der Waals surface area contributed by atoms with Gasteiger partial charge in [-0.2, -0.15) is 0 Å². The molecule has 20 heavy (non-hydrogen) atoms. The molecule has 0 bridgehead atoms. The van der Waals surface area contributed by atoms with Crippen molar-refractivity contribution in [3.63, 3.8) is 0 Å². The zero-order chi connectivity index (χ0) is 15.8. The van der Waals surface area contributed by atoms with Gasteiger partial charge in [0.05, 0.1) is 6.61 Å².